The maximum atomic E-state index is 6.05. The second-order valence-electron chi connectivity index (χ2n) is 5.69. The molecule has 1 aliphatic heterocycles. The molecule has 2 rings (SSSR count). The summed E-state index contributed by atoms with van der Waals surface area (Å²) in [6, 6.07) is 7.00. The van der Waals surface area contributed by atoms with Crippen LogP contribution in [0, 0.1) is 6.92 Å². The highest BCUT2D eigenvalue weighted by atomic mass is 35.5. The standard InChI is InChI=1S/C16H24ClNO/c1-12(2)18(8-4-7-17)11-15-10-14-9-13(3)5-6-16(14)19-15/h5-6,9,12,15H,4,7-8,10-11H2,1-3H3. The van der Waals surface area contributed by atoms with E-state index >= 15 is 0 Å². The first-order valence-electron chi connectivity index (χ1n) is 7.16. The minimum atomic E-state index is 0.287. The van der Waals surface area contributed by atoms with Crippen LogP contribution >= 0.6 is 11.6 Å². The summed E-state index contributed by atoms with van der Waals surface area (Å²) in [5.74, 6) is 1.80. The van der Waals surface area contributed by atoms with Gasteiger partial charge in [-0.3, -0.25) is 4.90 Å². The number of halogens is 1. The van der Waals surface area contributed by atoms with Crippen molar-refractivity contribution < 1.29 is 4.74 Å². The summed E-state index contributed by atoms with van der Waals surface area (Å²) in [5, 5.41) is 0. The van der Waals surface area contributed by atoms with Crippen LogP contribution in [-0.2, 0) is 6.42 Å². The normalized spacial score (nSPS) is 17.9. The maximum absolute atomic E-state index is 6.05. The summed E-state index contributed by atoms with van der Waals surface area (Å²) in [4.78, 5) is 2.46. The number of aryl methyl sites for hydroxylation is 1. The number of benzene rings is 1. The minimum Gasteiger partial charge on any atom is -0.488 e. The monoisotopic (exact) mass is 281 g/mol. The van der Waals surface area contributed by atoms with Gasteiger partial charge in [0.25, 0.3) is 0 Å². The molecule has 2 nitrogen and oxygen atoms in total. The van der Waals surface area contributed by atoms with Gasteiger partial charge in [-0.25, -0.2) is 0 Å². The molecule has 1 atom stereocenters. The second kappa shape index (κ2) is 6.62. The SMILES string of the molecule is Cc1ccc2c(c1)CC(CN(CCCCl)C(C)C)O2. The summed E-state index contributed by atoms with van der Waals surface area (Å²) in [5.41, 5.74) is 2.66. The first-order valence-corrected chi connectivity index (χ1v) is 7.70. The molecule has 0 aromatic heterocycles. The Hall–Kier alpha value is -0.730. The van der Waals surface area contributed by atoms with Crippen LogP contribution in [0.5, 0.6) is 5.75 Å². The van der Waals surface area contributed by atoms with Crippen LogP contribution in [0.4, 0.5) is 0 Å². The summed E-state index contributed by atoms with van der Waals surface area (Å²) in [6.07, 6.45) is 2.36. The van der Waals surface area contributed by atoms with Crippen molar-refractivity contribution in [2.45, 2.75) is 45.8 Å². The van der Waals surface area contributed by atoms with Gasteiger partial charge in [0.2, 0.25) is 0 Å². The first kappa shape index (κ1) is 14.7. The van der Waals surface area contributed by atoms with Gasteiger partial charge in [0.05, 0.1) is 0 Å². The predicted octanol–water partition coefficient (Wildman–Crippen LogP) is 3.64. The Morgan fingerprint density at radius 2 is 2.21 bits per heavy atom. The zero-order valence-electron chi connectivity index (χ0n) is 12.2. The van der Waals surface area contributed by atoms with Crippen LogP contribution in [0.3, 0.4) is 0 Å². The fourth-order valence-electron chi connectivity index (χ4n) is 2.64. The van der Waals surface area contributed by atoms with E-state index < -0.39 is 0 Å². The molecule has 3 heteroatoms. The lowest BCUT2D eigenvalue weighted by molar-refractivity contribution is 0.128. The molecule has 0 fully saturated rings. The van der Waals surface area contributed by atoms with Crippen molar-refractivity contribution >= 4 is 11.6 Å². The van der Waals surface area contributed by atoms with E-state index in [0.717, 1.165) is 37.6 Å². The molecular weight excluding hydrogens is 258 g/mol. The summed E-state index contributed by atoms with van der Waals surface area (Å²) in [6.45, 7) is 8.65. The molecule has 0 saturated carbocycles. The van der Waals surface area contributed by atoms with Gasteiger partial charge in [-0.1, -0.05) is 17.7 Å². The largest absolute Gasteiger partial charge is 0.488 e. The van der Waals surface area contributed by atoms with Crippen molar-refractivity contribution in [1.29, 1.82) is 0 Å². The fourth-order valence-corrected chi connectivity index (χ4v) is 2.76. The molecule has 1 aliphatic rings. The summed E-state index contributed by atoms with van der Waals surface area (Å²) < 4.78 is 6.05. The van der Waals surface area contributed by atoms with E-state index in [-0.39, 0.29) is 6.10 Å². The lowest BCUT2D eigenvalue weighted by atomic mass is 10.1. The number of alkyl halides is 1. The smallest absolute Gasteiger partial charge is 0.123 e. The number of nitrogens with zero attached hydrogens (tertiary/aromatic N) is 1. The Labute approximate surface area is 121 Å². The Kier molecular flexibility index (Phi) is 5.12. The Balaban J connectivity index is 1.94. The number of fused-ring (bicyclic) bond motifs is 1. The molecule has 1 unspecified atom stereocenters. The Bertz CT molecular complexity index is 419. The van der Waals surface area contributed by atoms with Crippen molar-refractivity contribution in [3.05, 3.63) is 29.3 Å². The van der Waals surface area contributed by atoms with Gasteiger partial charge in [0.15, 0.2) is 0 Å². The van der Waals surface area contributed by atoms with Gasteiger partial charge in [-0.05, 0) is 45.4 Å². The average Bonchev–Trinajstić information content (AvgIpc) is 2.75. The van der Waals surface area contributed by atoms with Crippen molar-refractivity contribution in [3.63, 3.8) is 0 Å². The van der Waals surface area contributed by atoms with Gasteiger partial charge < -0.3 is 4.74 Å². The number of hydrogen-bond acceptors (Lipinski definition) is 2. The highest BCUT2D eigenvalue weighted by Gasteiger charge is 2.25. The molecule has 0 N–H and O–H groups in total. The van der Waals surface area contributed by atoms with E-state index in [1.165, 1.54) is 11.1 Å². The summed E-state index contributed by atoms with van der Waals surface area (Å²) >= 11 is 5.80. The molecule has 0 radical (unpaired) electrons. The molecule has 106 valence electrons. The van der Waals surface area contributed by atoms with E-state index in [4.69, 9.17) is 16.3 Å². The molecule has 1 heterocycles. The van der Waals surface area contributed by atoms with E-state index in [1.807, 2.05) is 0 Å². The number of hydrogen-bond donors (Lipinski definition) is 0. The van der Waals surface area contributed by atoms with Crippen LogP contribution in [0.2, 0.25) is 0 Å². The zero-order valence-corrected chi connectivity index (χ0v) is 12.9. The lowest BCUT2D eigenvalue weighted by Crippen LogP contribution is -2.40. The first-order chi connectivity index (χ1) is 9.10. The van der Waals surface area contributed by atoms with E-state index in [2.05, 4.69) is 43.9 Å². The van der Waals surface area contributed by atoms with Crippen LogP contribution < -0.4 is 4.74 Å². The molecule has 0 spiro atoms. The quantitative estimate of drug-likeness (QED) is 0.738. The van der Waals surface area contributed by atoms with Gasteiger partial charge in [0, 0.05) is 24.9 Å². The van der Waals surface area contributed by atoms with Gasteiger partial charge in [0.1, 0.15) is 11.9 Å². The molecule has 0 aliphatic carbocycles. The molecule has 1 aromatic carbocycles. The zero-order chi connectivity index (χ0) is 13.8. The molecule has 0 bridgehead atoms. The second-order valence-corrected chi connectivity index (χ2v) is 6.06. The van der Waals surface area contributed by atoms with Crippen molar-refractivity contribution in [1.82, 2.24) is 4.90 Å². The predicted molar refractivity (Wildman–Crippen MR) is 81.3 cm³/mol. The minimum absolute atomic E-state index is 0.287. The van der Waals surface area contributed by atoms with E-state index in [9.17, 15) is 0 Å². The summed E-state index contributed by atoms with van der Waals surface area (Å²) in [7, 11) is 0. The average molecular weight is 282 g/mol. The van der Waals surface area contributed by atoms with Crippen LogP contribution in [0.25, 0.3) is 0 Å². The fraction of sp³-hybridized carbons (Fsp3) is 0.625. The third-order valence-corrected chi connectivity index (χ3v) is 3.97. The van der Waals surface area contributed by atoms with Crippen molar-refractivity contribution in [2.75, 3.05) is 19.0 Å². The highest BCUT2D eigenvalue weighted by molar-refractivity contribution is 6.17. The van der Waals surface area contributed by atoms with E-state index in [0.29, 0.717) is 6.04 Å². The molecule has 19 heavy (non-hydrogen) atoms. The van der Waals surface area contributed by atoms with Crippen LogP contribution in [-0.4, -0.2) is 36.0 Å². The van der Waals surface area contributed by atoms with Crippen molar-refractivity contribution in [3.8, 4) is 5.75 Å². The van der Waals surface area contributed by atoms with Gasteiger partial charge in [-0.15, -0.1) is 11.6 Å². The molecular formula is C16H24ClNO. The van der Waals surface area contributed by atoms with Crippen LogP contribution in [0.15, 0.2) is 18.2 Å². The lowest BCUT2D eigenvalue weighted by Gasteiger charge is -2.28. The highest BCUT2D eigenvalue weighted by Crippen LogP contribution is 2.30. The molecule has 0 amide bonds. The number of rotatable bonds is 6. The number of ether oxygens (including phenoxy) is 1. The third kappa shape index (κ3) is 3.87. The van der Waals surface area contributed by atoms with Gasteiger partial charge in [-0.2, -0.15) is 0 Å². The molecule has 0 saturated heterocycles. The Morgan fingerprint density at radius 3 is 2.89 bits per heavy atom. The van der Waals surface area contributed by atoms with Crippen LogP contribution in [0.1, 0.15) is 31.4 Å². The molecule has 1 aromatic rings. The van der Waals surface area contributed by atoms with Gasteiger partial charge >= 0.3 is 0 Å². The maximum Gasteiger partial charge on any atom is 0.123 e. The van der Waals surface area contributed by atoms with Crippen molar-refractivity contribution in [2.24, 2.45) is 0 Å². The Morgan fingerprint density at radius 1 is 1.42 bits per heavy atom. The topological polar surface area (TPSA) is 12.5 Å². The van der Waals surface area contributed by atoms with E-state index in [1.54, 1.807) is 0 Å². The third-order valence-electron chi connectivity index (χ3n) is 3.70.